The van der Waals surface area contributed by atoms with Crippen molar-refractivity contribution in [2.24, 2.45) is 46.8 Å². The molecule has 7 aliphatic rings. The summed E-state index contributed by atoms with van der Waals surface area (Å²) in [5.41, 5.74) is -7.89. The van der Waals surface area contributed by atoms with Crippen LogP contribution in [0.2, 0.25) is 0 Å². The van der Waals surface area contributed by atoms with Gasteiger partial charge in [0.15, 0.2) is 17.8 Å². The fourth-order valence-electron chi connectivity index (χ4n) is 12.5. The van der Waals surface area contributed by atoms with Gasteiger partial charge in [0.05, 0.1) is 35.4 Å². The number of carbonyl (C=O) groups excluding carboxylic acids is 2. The number of hydrogen-bond acceptors (Lipinski definition) is 13. The number of aliphatic hydroxyl groups is 7. The summed E-state index contributed by atoms with van der Waals surface area (Å²) in [5, 5.41) is 83.5. The zero-order chi connectivity index (χ0) is 36.7. The van der Waals surface area contributed by atoms with Crippen molar-refractivity contribution in [3.63, 3.8) is 0 Å². The summed E-state index contributed by atoms with van der Waals surface area (Å²) < 4.78 is 18.7. The van der Waals surface area contributed by atoms with Gasteiger partial charge in [-0.25, -0.2) is 4.79 Å². The molecular weight excluding hydrogens is 650 g/mol. The third kappa shape index (κ3) is 4.57. The Morgan fingerprint density at radius 1 is 1.06 bits per heavy atom. The normalized spacial score (nSPS) is 54.6. The first kappa shape index (κ1) is 36.9. The average Bonchev–Trinajstić information content (AvgIpc) is 3.31. The van der Waals surface area contributed by atoms with Crippen LogP contribution in [0.25, 0.3) is 0 Å². The minimum absolute atomic E-state index is 0.0328. The molecule has 13 heteroatoms. The van der Waals surface area contributed by atoms with Gasteiger partial charge in [-0.05, 0) is 83.5 Å². The molecule has 3 aliphatic heterocycles. The molecule has 0 amide bonds. The molecule has 0 aromatic carbocycles. The molecule has 13 nitrogen and oxygen atoms in total. The topological polar surface area (TPSA) is 207 Å². The monoisotopic (exact) mass is 709 g/mol. The fourth-order valence-corrected chi connectivity index (χ4v) is 12.5. The highest BCUT2D eigenvalue weighted by atomic mass is 16.7. The fraction of sp³-hybridized carbons (Fsp3) is 0.946. The maximum atomic E-state index is 13.5. The Balaban J connectivity index is 1.34. The number of fused-ring (bicyclic) bond motifs is 5. The zero-order valence-electron chi connectivity index (χ0n) is 30.5. The maximum absolute atomic E-state index is 13.5. The lowest BCUT2D eigenvalue weighted by Gasteiger charge is -2.64. The molecule has 4 bridgehead atoms. The van der Waals surface area contributed by atoms with Crippen LogP contribution in [0.4, 0.5) is 0 Å². The van der Waals surface area contributed by atoms with Gasteiger partial charge in [0, 0.05) is 42.3 Å². The Bertz CT molecular complexity index is 1390. The van der Waals surface area contributed by atoms with Gasteiger partial charge in [0.2, 0.25) is 5.79 Å². The van der Waals surface area contributed by atoms with Crippen molar-refractivity contribution in [3.8, 4) is 0 Å². The lowest BCUT2D eigenvalue weighted by atomic mass is 9.49. The van der Waals surface area contributed by atoms with Gasteiger partial charge in [-0.15, -0.1) is 0 Å². The van der Waals surface area contributed by atoms with E-state index in [1.165, 1.54) is 6.92 Å². The van der Waals surface area contributed by atoms with Gasteiger partial charge in [0.1, 0.15) is 5.60 Å². The summed E-state index contributed by atoms with van der Waals surface area (Å²) >= 11 is 0. The molecule has 12 unspecified atom stereocenters. The van der Waals surface area contributed by atoms with E-state index in [9.17, 15) is 45.3 Å². The summed E-state index contributed by atoms with van der Waals surface area (Å²) in [6, 6.07) is -0.238. The number of piperidine rings is 2. The highest BCUT2D eigenvalue weighted by Gasteiger charge is 2.87. The van der Waals surface area contributed by atoms with Crippen LogP contribution >= 0.6 is 0 Å². The van der Waals surface area contributed by atoms with E-state index in [2.05, 4.69) is 11.8 Å². The third-order valence-electron chi connectivity index (χ3n) is 15.5. The van der Waals surface area contributed by atoms with Crippen molar-refractivity contribution in [2.75, 3.05) is 13.1 Å². The summed E-state index contributed by atoms with van der Waals surface area (Å²) in [4.78, 5) is 28.9. The van der Waals surface area contributed by atoms with E-state index in [0.29, 0.717) is 25.3 Å². The largest absolute Gasteiger partial charge is 0.456 e. The van der Waals surface area contributed by atoms with E-state index in [1.54, 1.807) is 13.8 Å². The first-order chi connectivity index (χ1) is 23.1. The molecule has 19 atom stereocenters. The molecule has 50 heavy (non-hydrogen) atoms. The molecule has 4 aliphatic carbocycles. The number of nitrogens with zero attached hydrogens (tertiary/aromatic N) is 1. The SMILES string of the molecule is CC[C@@H](C)C(=O)O[C@H]1[C@H](O)C2C(CN3CC(C)CCC3C2(C)O)C2CC34O[C@@]5(O)C(CC(O)C3C21O)C4(C)CC[C@@H]5OC(=O)[C@@](C)(O)[C@@H](C)O. The first-order valence-electron chi connectivity index (χ1n) is 18.9. The van der Waals surface area contributed by atoms with Crippen LogP contribution in [-0.4, -0.2) is 130 Å². The van der Waals surface area contributed by atoms with Crippen molar-refractivity contribution >= 4 is 11.9 Å². The molecule has 0 aromatic rings. The average molecular weight is 710 g/mol. The number of esters is 2. The summed E-state index contributed by atoms with van der Waals surface area (Å²) in [6.45, 7) is 13.1. The molecule has 7 fully saturated rings. The van der Waals surface area contributed by atoms with Crippen molar-refractivity contribution in [2.45, 2.75) is 158 Å². The van der Waals surface area contributed by atoms with Crippen LogP contribution < -0.4 is 0 Å². The Morgan fingerprint density at radius 2 is 1.74 bits per heavy atom. The standard InChI is InChI=1S/C37H59NO12/c1-8-18(3)30(42)49-29-27(41)26-20(16-38-15-17(2)9-10-24(38)34(26,7)45)21-14-35-28(36(21,29)46)22(40)13-23-32(35,5)12-11-25(37(23,47)50-35)48-31(43)33(6,44)19(4)39/h17-29,39-41,44-47H,8-16H2,1-7H3/t17?,18-,19-,20?,21?,22?,23?,24?,25+,26?,27-,28?,29+,32?,33+,34?,35?,36?,37+/m1/s1. The Hall–Kier alpha value is -1.42. The highest BCUT2D eigenvalue weighted by Crippen LogP contribution is 2.77. The van der Waals surface area contributed by atoms with Crippen molar-refractivity contribution in [1.29, 1.82) is 0 Å². The van der Waals surface area contributed by atoms with Crippen molar-refractivity contribution < 1.29 is 59.5 Å². The second kappa shape index (κ2) is 11.5. The van der Waals surface area contributed by atoms with Crippen LogP contribution in [0.3, 0.4) is 0 Å². The zero-order valence-corrected chi connectivity index (χ0v) is 30.5. The number of rotatable bonds is 6. The molecule has 4 saturated carbocycles. The van der Waals surface area contributed by atoms with Gasteiger partial charge in [-0.2, -0.15) is 0 Å². The molecular formula is C37H59NO12. The van der Waals surface area contributed by atoms with E-state index in [4.69, 9.17) is 14.2 Å². The van der Waals surface area contributed by atoms with Crippen molar-refractivity contribution in [3.05, 3.63) is 0 Å². The number of aliphatic hydroxyl groups excluding tert-OH is 3. The van der Waals surface area contributed by atoms with Gasteiger partial charge >= 0.3 is 11.9 Å². The Kier molecular flexibility index (Phi) is 8.52. The van der Waals surface area contributed by atoms with Crippen LogP contribution in [0.1, 0.15) is 93.4 Å². The second-order valence-corrected chi connectivity index (χ2v) is 18.2. The molecule has 1 spiro atoms. The maximum Gasteiger partial charge on any atom is 0.341 e. The number of carbonyl (C=O) groups is 2. The summed E-state index contributed by atoms with van der Waals surface area (Å²) in [7, 11) is 0. The van der Waals surface area contributed by atoms with Gasteiger partial charge < -0.3 is 50.0 Å². The highest BCUT2D eigenvalue weighted by molar-refractivity contribution is 5.79. The van der Waals surface area contributed by atoms with E-state index < -0.39 is 112 Å². The molecule has 0 aromatic heterocycles. The van der Waals surface area contributed by atoms with Gasteiger partial charge in [-0.1, -0.05) is 27.7 Å². The lowest BCUT2D eigenvalue weighted by Crippen LogP contribution is -2.77. The number of hydrogen-bond donors (Lipinski definition) is 7. The predicted molar refractivity (Wildman–Crippen MR) is 176 cm³/mol. The van der Waals surface area contributed by atoms with Crippen LogP contribution in [0.5, 0.6) is 0 Å². The molecule has 284 valence electrons. The van der Waals surface area contributed by atoms with Crippen LogP contribution in [-0.2, 0) is 23.8 Å². The predicted octanol–water partition coefficient (Wildman–Crippen LogP) is 0.466. The summed E-state index contributed by atoms with van der Waals surface area (Å²) in [5.74, 6) is -7.78. The van der Waals surface area contributed by atoms with Gasteiger partial charge in [0.25, 0.3) is 0 Å². The van der Waals surface area contributed by atoms with Crippen molar-refractivity contribution in [1.82, 2.24) is 4.90 Å². The third-order valence-corrected chi connectivity index (χ3v) is 15.5. The molecule has 3 heterocycles. The lowest BCUT2D eigenvalue weighted by molar-refractivity contribution is -0.300. The van der Waals surface area contributed by atoms with Gasteiger partial charge in [-0.3, -0.25) is 9.69 Å². The van der Waals surface area contributed by atoms with E-state index in [1.807, 2.05) is 13.8 Å². The first-order valence-corrected chi connectivity index (χ1v) is 18.9. The van der Waals surface area contributed by atoms with Crippen LogP contribution in [0, 0.1) is 46.8 Å². The Labute approximate surface area is 294 Å². The molecule has 7 N–H and O–H groups in total. The summed E-state index contributed by atoms with van der Waals surface area (Å²) in [6.07, 6.45) is -4.15. The molecule has 3 saturated heterocycles. The number of ether oxygens (including phenoxy) is 3. The smallest absolute Gasteiger partial charge is 0.341 e. The second-order valence-electron chi connectivity index (χ2n) is 18.2. The van der Waals surface area contributed by atoms with Crippen LogP contribution in [0.15, 0.2) is 0 Å². The molecule has 0 radical (unpaired) electrons. The Morgan fingerprint density at radius 3 is 2.38 bits per heavy atom. The van der Waals surface area contributed by atoms with E-state index in [-0.39, 0.29) is 25.3 Å². The van der Waals surface area contributed by atoms with E-state index >= 15 is 0 Å². The molecule has 7 rings (SSSR count). The quantitative estimate of drug-likeness (QED) is 0.188. The minimum Gasteiger partial charge on any atom is -0.456 e. The van der Waals surface area contributed by atoms with E-state index in [0.717, 1.165) is 26.3 Å². The minimum atomic E-state index is -2.25.